The molecule has 0 spiro atoms. The Bertz CT molecular complexity index is 335. The van der Waals surface area contributed by atoms with Crippen molar-refractivity contribution in [3.8, 4) is 0 Å². The summed E-state index contributed by atoms with van der Waals surface area (Å²) in [4.78, 5) is 4.39. The van der Waals surface area contributed by atoms with Gasteiger partial charge in [-0.2, -0.15) is 0 Å². The van der Waals surface area contributed by atoms with Crippen LogP contribution in [0.4, 0.5) is 5.82 Å². The third-order valence-corrected chi connectivity index (χ3v) is 3.22. The van der Waals surface area contributed by atoms with Gasteiger partial charge in [0.05, 0.1) is 4.47 Å². The van der Waals surface area contributed by atoms with Crippen molar-refractivity contribution in [1.82, 2.24) is 10.3 Å². The Labute approximate surface area is 98.8 Å². The van der Waals surface area contributed by atoms with Crippen LogP contribution in [-0.4, -0.2) is 24.1 Å². The Hall–Kier alpha value is -0.610. The van der Waals surface area contributed by atoms with Crippen molar-refractivity contribution in [1.29, 1.82) is 0 Å². The number of aryl methyl sites for hydroxylation is 1. The minimum Gasteiger partial charge on any atom is -0.365 e. The molecule has 1 fully saturated rings. The smallest absolute Gasteiger partial charge is 0.140 e. The van der Waals surface area contributed by atoms with Gasteiger partial charge in [0.1, 0.15) is 5.82 Å². The summed E-state index contributed by atoms with van der Waals surface area (Å²) in [7, 11) is 0. The maximum absolute atomic E-state index is 4.39. The summed E-state index contributed by atoms with van der Waals surface area (Å²) in [6, 6.07) is 2.59. The molecule has 1 aliphatic rings. The van der Waals surface area contributed by atoms with Gasteiger partial charge in [-0.3, -0.25) is 0 Å². The number of nitrogens with zero attached hydrogens (tertiary/aromatic N) is 1. The van der Waals surface area contributed by atoms with Gasteiger partial charge in [0.2, 0.25) is 0 Å². The quantitative estimate of drug-likeness (QED) is 0.866. The highest BCUT2D eigenvalue weighted by Gasteiger charge is 2.14. The first-order chi connectivity index (χ1) is 7.25. The third-order valence-electron chi connectivity index (χ3n) is 2.62. The van der Waals surface area contributed by atoms with Gasteiger partial charge in [-0.15, -0.1) is 0 Å². The van der Waals surface area contributed by atoms with Gasteiger partial charge in [-0.25, -0.2) is 4.98 Å². The largest absolute Gasteiger partial charge is 0.365 e. The van der Waals surface area contributed by atoms with Gasteiger partial charge in [-0.1, -0.05) is 0 Å². The minimum atomic E-state index is 0.505. The van der Waals surface area contributed by atoms with E-state index in [0.717, 1.165) is 23.4 Å². The average Bonchev–Trinajstić information content (AvgIpc) is 2.24. The highest BCUT2D eigenvalue weighted by molar-refractivity contribution is 9.10. The molecule has 0 aliphatic carbocycles. The SMILES string of the molecule is Cc1cnc(NC2CCCNC2)c(Br)c1. The zero-order valence-corrected chi connectivity index (χ0v) is 10.5. The number of piperidine rings is 1. The molecular formula is C11H16BrN3. The number of pyridine rings is 1. The summed E-state index contributed by atoms with van der Waals surface area (Å²) >= 11 is 3.53. The fourth-order valence-electron chi connectivity index (χ4n) is 1.81. The topological polar surface area (TPSA) is 37.0 Å². The maximum Gasteiger partial charge on any atom is 0.140 e. The third kappa shape index (κ3) is 2.92. The monoisotopic (exact) mass is 269 g/mol. The first kappa shape index (κ1) is 10.9. The Morgan fingerprint density at radius 1 is 1.60 bits per heavy atom. The average molecular weight is 270 g/mol. The lowest BCUT2D eigenvalue weighted by Gasteiger charge is -2.24. The fourth-order valence-corrected chi connectivity index (χ4v) is 2.39. The summed E-state index contributed by atoms with van der Waals surface area (Å²) in [5.74, 6) is 0.953. The van der Waals surface area contributed by atoms with E-state index < -0.39 is 0 Å². The van der Waals surface area contributed by atoms with E-state index >= 15 is 0 Å². The first-order valence-corrected chi connectivity index (χ1v) is 6.14. The van der Waals surface area contributed by atoms with Crippen LogP contribution >= 0.6 is 15.9 Å². The molecule has 0 radical (unpaired) electrons. The predicted molar refractivity (Wildman–Crippen MR) is 66.2 cm³/mol. The van der Waals surface area contributed by atoms with Crippen LogP contribution in [0, 0.1) is 6.92 Å². The van der Waals surface area contributed by atoms with E-state index in [9.17, 15) is 0 Å². The van der Waals surface area contributed by atoms with E-state index in [1.807, 2.05) is 13.1 Å². The van der Waals surface area contributed by atoms with Crippen LogP contribution in [0.3, 0.4) is 0 Å². The summed E-state index contributed by atoms with van der Waals surface area (Å²) < 4.78 is 1.05. The van der Waals surface area contributed by atoms with E-state index in [2.05, 4.69) is 37.6 Å². The van der Waals surface area contributed by atoms with E-state index in [0.29, 0.717) is 6.04 Å². The van der Waals surface area contributed by atoms with Crippen molar-refractivity contribution in [2.24, 2.45) is 0 Å². The fraction of sp³-hybridized carbons (Fsp3) is 0.545. The van der Waals surface area contributed by atoms with Crippen molar-refractivity contribution in [3.05, 3.63) is 22.3 Å². The van der Waals surface area contributed by atoms with Gasteiger partial charge >= 0.3 is 0 Å². The second-order valence-corrected chi connectivity index (χ2v) is 4.89. The van der Waals surface area contributed by atoms with Gasteiger partial charge in [0.25, 0.3) is 0 Å². The molecule has 0 aromatic carbocycles. The molecule has 2 heterocycles. The molecule has 1 atom stereocenters. The zero-order chi connectivity index (χ0) is 10.7. The van der Waals surface area contributed by atoms with Crippen molar-refractivity contribution in [2.45, 2.75) is 25.8 Å². The molecule has 82 valence electrons. The van der Waals surface area contributed by atoms with E-state index in [4.69, 9.17) is 0 Å². The molecule has 3 nitrogen and oxygen atoms in total. The zero-order valence-electron chi connectivity index (χ0n) is 8.89. The lowest BCUT2D eigenvalue weighted by Crippen LogP contribution is -2.38. The van der Waals surface area contributed by atoms with Gasteiger partial charge in [0, 0.05) is 18.8 Å². The lowest BCUT2D eigenvalue weighted by atomic mass is 10.1. The normalized spacial score (nSPS) is 21.3. The van der Waals surface area contributed by atoms with Crippen molar-refractivity contribution in [3.63, 3.8) is 0 Å². The predicted octanol–water partition coefficient (Wildman–Crippen LogP) is 2.32. The van der Waals surface area contributed by atoms with Crippen molar-refractivity contribution in [2.75, 3.05) is 18.4 Å². The van der Waals surface area contributed by atoms with Gasteiger partial charge < -0.3 is 10.6 Å². The van der Waals surface area contributed by atoms with Crippen LogP contribution in [0.5, 0.6) is 0 Å². The summed E-state index contributed by atoms with van der Waals surface area (Å²) in [5.41, 5.74) is 1.18. The molecule has 2 N–H and O–H groups in total. The Balaban J connectivity index is 2.03. The highest BCUT2D eigenvalue weighted by atomic mass is 79.9. The molecule has 4 heteroatoms. The molecule has 0 amide bonds. The van der Waals surface area contributed by atoms with Crippen molar-refractivity contribution >= 4 is 21.7 Å². The Morgan fingerprint density at radius 3 is 3.13 bits per heavy atom. The summed E-state index contributed by atoms with van der Waals surface area (Å²) in [6.45, 7) is 4.21. The number of hydrogen-bond acceptors (Lipinski definition) is 3. The second kappa shape index (κ2) is 4.94. The van der Waals surface area contributed by atoms with Gasteiger partial charge in [0.15, 0.2) is 0 Å². The summed E-state index contributed by atoms with van der Waals surface area (Å²) in [5, 5.41) is 6.84. The van der Waals surface area contributed by atoms with Crippen LogP contribution in [0.15, 0.2) is 16.7 Å². The van der Waals surface area contributed by atoms with Crippen LogP contribution in [0.1, 0.15) is 18.4 Å². The Morgan fingerprint density at radius 2 is 2.47 bits per heavy atom. The van der Waals surface area contributed by atoms with Crippen LogP contribution in [0.25, 0.3) is 0 Å². The molecule has 2 rings (SSSR count). The van der Waals surface area contributed by atoms with E-state index in [-0.39, 0.29) is 0 Å². The molecule has 0 saturated carbocycles. The van der Waals surface area contributed by atoms with Crippen LogP contribution in [-0.2, 0) is 0 Å². The molecule has 1 saturated heterocycles. The molecular weight excluding hydrogens is 254 g/mol. The van der Waals surface area contributed by atoms with E-state index in [1.54, 1.807) is 0 Å². The molecule has 1 aromatic rings. The van der Waals surface area contributed by atoms with Crippen LogP contribution in [0.2, 0.25) is 0 Å². The van der Waals surface area contributed by atoms with E-state index in [1.165, 1.54) is 18.4 Å². The second-order valence-electron chi connectivity index (χ2n) is 4.03. The highest BCUT2D eigenvalue weighted by Crippen LogP contribution is 2.22. The maximum atomic E-state index is 4.39. The number of halogens is 1. The molecule has 15 heavy (non-hydrogen) atoms. The van der Waals surface area contributed by atoms with Crippen LogP contribution < -0.4 is 10.6 Å². The molecule has 1 unspecified atom stereocenters. The standard InChI is InChI=1S/C11H16BrN3/c1-8-5-10(12)11(14-6-8)15-9-3-2-4-13-7-9/h5-6,9,13H,2-4,7H2,1H3,(H,14,15). The first-order valence-electron chi connectivity index (χ1n) is 5.35. The number of anilines is 1. The Kier molecular flexibility index (Phi) is 3.59. The number of nitrogens with one attached hydrogen (secondary N) is 2. The number of rotatable bonds is 2. The lowest BCUT2D eigenvalue weighted by molar-refractivity contribution is 0.479. The summed E-state index contributed by atoms with van der Waals surface area (Å²) in [6.07, 6.45) is 4.35. The number of aromatic nitrogens is 1. The minimum absolute atomic E-state index is 0.505. The van der Waals surface area contributed by atoms with Crippen molar-refractivity contribution < 1.29 is 0 Å². The molecule has 1 aromatic heterocycles. The molecule has 0 bridgehead atoms. The number of hydrogen-bond donors (Lipinski definition) is 2. The molecule has 1 aliphatic heterocycles. The van der Waals surface area contributed by atoms with Gasteiger partial charge in [-0.05, 0) is 53.9 Å².